The first kappa shape index (κ1) is 12.1. The molecule has 0 unspecified atom stereocenters. The molecule has 0 bridgehead atoms. The van der Waals surface area contributed by atoms with Gasteiger partial charge in [0.1, 0.15) is 0 Å². The Kier molecular flexibility index (Phi) is 3.20. The summed E-state index contributed by atoms with van der Waals surface area (Å²) >= 11 is 5.46. The zero-order valence-electron chi connectivity index (χ0n) is 9.87. The van der Waals surface area contributed by atoms with Gasteiger partial charge in [0.2, 0.25) is 11.1 Å². The van der Waals surface area contributed by atoms with Gasteiger partial charge < -0.3 is 4.90 Å². The van der Waals surface area contributed by atoms with E-state index in [1.54, 1.807) is 4.90 Å². The Hall–Kier alpha value is -1.35. The van der Waals surface area contributed by atoms with Crippen molar-refractivity contribution in [2.45, 2.75) is 20.3 Å². The third kappa shape index (κ3) is 2.20. The molecule has 0 aliphatic carbocycles. The molecule has 0 saturated carbocycles. The third-order valence-electron chi connectivity index (χ3n) is 3.31. The molecule has 0 N–H and O–H groups in total. The number of hydrogen-bond acceptors (Lipinski definition) is 2. The Balaban J connectivity index is 2.32. The molecule has 0 spiro atoms. The second-order valence-electron chi connectivity index (χ2n) is 4.43. The van der Waals surface area contributed by atoms with Crippen molar-refractivity contribution in [1.29, 1.82) is 0 Å². The van der Waals surface area contributed by atoms with E-state index in [0.717, 1.165) is 16.8 Å². The maximum absolute atomic E-state index is 11.9. The molecule has 90 valence electrons. The van der Waals surface area contributed by atoms with Crippen LogP contribution in [0.1, 0.15) is 17.5 Å². The maximum Gasteiger partial charge on any atom is 0.227 e. The highest BCUT2D eigenvalue weighted by Crippen LogP contribution is 2.30. The van der Waals surface area contributed by atoms with Crippen LogP contribution in [-0.4, -0.2) is 17.7 Å². The Labute approximate surface area is 105 Å². The highest BCUT2D eigenvalue weighted by atomic mass is 35.5. The van der Waals surface area contributed by atoms with E-state index in [2.05, 4.69) is 0 Å². The summed E-state index contributed by atoms with van der Waals surface area (Å²) in [6.07, 6.45) is 0.218. The van der Waals surface area contributed by atoms with Crippen molar-refractivity contribution in [3.8, 4) is 0 Å². The van der Waals surface area contributed by atoms with E-state index in [1.807, 2.05) is 32.0 Å². The van der Waals surface area contributed by atoms with Gasteiger partial charge in [-0.3, -0.25) is 9.59 Å². The second kappa shape index (κ2) is 4.49. The molecule has 1 amide bonds. The van der Waals surface area contributed by atoms with Crippen molar-refractivity contribution >= 4 is 28.4 Å². The van der Waals surface area contributed by atoms with Gasteiger partial charge in [-0.15, -0.1) is 0 Å². The summed E-state index contributed by atoms with van der Waals surface area (Å²) in [5, 5.41) is -0.425. The number of rotatable bonds is 2. The summed E-state index contributed by atoms with van der Waals surface area (Å²) in [6, 6.07) is 5.83. The number of nitrogens with zero attached hydrogens (tertiary/aromatic N) is 1. The fourth-order valence-corrected chi connectivity index (χ4v) is 2.27. The van der Waals surface area contributed by atoms with Gasteiger partial charge in [0.05, 0.1) is 5.92 Å². The predicted molar refractivity (Wildman–Crippen MR) is 67.2 cm³/mol. The summed E-state index contributed by atoms with van der Waals surface area (Å²) in [4.78, 5) is 24.6. The number of halogens is 1. The van der Waals surface area contributed by atoms with Crippen LogP contribution >= 0.6 is 11.6 Å². The zero-order chi connectivity index (χ0) is 12.6. The lowest BCUT2D eigenvalue weighted by Crippen LogP contribution is -2.26. The number of anilines is 1. The van der Waals surface area contributed by atoms with Gasteiger partial charge in [0.15, 0.2) is 0 Å². The van der Waals surface area contributed by atoms with Crippen LogP contribution in [-0.2, 0) is 9.59 Å². The molecule has 1 saturated heterocycles. The van der Waals surface area contributed by atoms with Crippen LogP contribution < -0.4 is 4.90 Å². The van der Waals surface area contributed by atoms with Crippen molar-refractivity contribution in [2.75, 3.05) is 11.4 Å². The lowest BCUT2D eigenvalue weighted by molar-refractivity contribution is -0.120. The highest BCUT2D eigenvalue weighted by Gasteiger charge is 2.34. The Bertz CT molecular complexity index is 484. The molecular formula is C13H14ClNO2. The van der Waals surface area contributed by atoms with Crippen LogP contribution in [0.15, 0.2) is 18.2 Å². The van der Waals surface area contributed by atoms with E-state index in [4.69, 9.17) is 11.6 Å². The summed E-state index contributed by atoms with van der Waals surface area (Å²) < 4.78 is 0. The molecule has 1 aromatic carbocycles. The normalized spacial score (nSPS) is 19.8. The summed E-state index contributed by atoms with van der Waals surface area (Å²) in [5.74, 6) is -0.401. The molecule has 17 heavy (non-hydrogen) atoms. The smallest absolute Gasteiger partial charge is 0.227 e. The molecule has 3 nitrogen and oxygen atoms in total. The minimum atomic E-state index is -0.425. The molecule has 0 aromatic heterocycles. The largest absolute Gasteiger partial charge is 0.311 e. The summed E-state index contributed by atoms with van der Waals surface area (Å²) in [6.45, 7) is 4.38. The fourth-order valence-electron chi connectivity index (χ4n) is 2.12. The minimum absolute atomic E-state index is 0.0299. The standard InChI is InChI=1S/C13H14ClNO2/c1-8-4-3-5-11(9(8)2)15-7-10(13(14)17)6-12(15)16/h3-5,10H,6-7H2,1-2H3/t10-/m0/s1. The number of benzene rings is 1. The van der Waals surface area contributed by atoms with Crippen LogP contribution in [0.4, 0.5) is 5.69 Å². The van der Waals surface area contributed by atoms with Gasteiger partial charge in [0, 0.05) is 18.7 Å². The average molecular weight is 252 g/mol. The van der Waals surface area contributed by atoms with Gasteiger partial charge in [-0.2, -0.15) is 0 Å². The van der Waals surface area contributed by atoms with E-state index in [1.165, 1.54) is 0 Å². The lowest BCUT2D eigenvalue weighted by Gasteiger charge is -2.19. The van der Waals surface area contributed by atoms with Gasteiger partial charge in [0.25, 0.3) is 0 Å². The van der Waals surface area contributed by atoms with Gasteiger partial charge >= 0.3 is 0 Å². The topological polar surface area (TPSA) is 37.4 Å². The van der Waals surface area contributed by atoms with E-state index >= 15 is 0 Å². The third-order valence-corrected chi connectivity index (χ3v) is 3.62. The van der Waals surface area contributed by atoms with Crippen LogP contribution in [0.2, 0.25) is 0 Å². The SMILES string of the molecule is Cc1cccc(N2C[C@@H](C(=O)Cl)CC2=O)c1C. The first-order chi connectivity index (χ1) is 8.00. The van der Waals surface area contributed by atoms with Crippen LogP contribution in [0.25, 0.3) is 0 Å². The molecule has 0 radical (unpaired) electrons. The van der Waals surface area contributed by atoms with Crippen molar-refractivity contribution < 1.29 is 9.59 Å². The van der Waals surface area contributed by atoms with Crippen molar-refractivity contribution in [3.63, 3.8) is 0 Å². The molecule has 2 rings (SSSR count). The highest BCUT2D eigenvalue weighted by molar-refractivity contribution is 6.64. The quantitative estimate of drug-likeness (QED) is 0.757. The van der Waals surface area contributed by atoms with Crippen molar-refractivity contribution in [2.24, 2.45) is 5.92 Å². The molecule has 1 aliphatic heterocycles. The number of amides is 1. The van der Waals surface area contributed by atoms with E-state index < -0.39 is 5.24 Å². The van der Waals surface area contributed by atoms with E-state index in [0.29, 0.717) is 6.54 Å². The first-order valence-electron chi connectivity index (χ1n) is 5.56. The van der Waals surface area contributed by atoms with E-state index in [9.17, 15) is 9.59 Å². The van der Waals surface area contributed by atoms with Crippen molar-refractivity contribution in [3.05, 3.63) is 29.3 Å². The molecule has 1 aliphatic rings. The summed E-state index contributed by atoms with van der Waals surface area (Å²) in [7, 11) is 0. The maximum atomic E-state index is 11.9. The fraction of sp³-hybridized carbons (Fsp3) is 0.385. The first-order valence-corrected chi connectivity index (χ1v) is 5.94. The van der Waals surface area contributed by atoms with Crippen LogP contribution in [0.3, 0.4) is 0 Å². The Morgan fingerprint density at radius 2 is 2.12 bits per heavy atom. The number of carbonyl (C=O) groups is 2. The van der Waals surface area contributed by atoms with Gasteiger partial charge in [-0.1, -0.05) is 12.1 Å². The number of carbonyl (C=O) groups excluding carboxylic acids is 2. The van der Waals surface area contributed by atoms with E-state index in [-0.39, 0.29) is 18.2 Å². The molecule has 1 aromatic rings. The Morgan fingerprint density at radius 1 is 1.41 bits per heavy atom. The molecule has 1 atom stereocenters. The zero-order valence-corrected chi connectivity index (χ0v) is 10.6. The van der Waals surface area contributed by atoms with Gasteiger partial charge in [-0.05, 0) is 42.6 Å². The van der Waals surface area contributed by atoms with Gasteiger partial charge in [-0.25, -0.2) is 0 Å². The summed E-state index contributed by atoms with van der Waals surface area (Å²) in [5.41, 5.74) is 3.09. The van der Waals surface area contributed by atoms with Crippen LogP contribution in [0.5, 0.6) is 0 Å². The Morgan fingerprint density at radius 3 is 2.71 bits per heavy atom. The molecule has 4 heteroatoms. The average Bonchev–Trinajstić information content (AvgIpc) is 2.65. The molecular weight excluding hydrogens is 238 g/mol. The second-order valence-corrected chi connectivity index (χ2v) is 4.80. The van der Waals surface area contributed by atoms with Crippen molar-refractivity contribution in [1.82, 2.24) is 0 Å². The molecule has 1 heterocycles. The molecule has 1 fully saturated rings. The minimum Gasteiger partial charge on any atom is -0.311 e. The monoisotopic (exact) mass is 251 g/mol. The van der Waals surface area contributed by atoms with Crippen LogP contribution in [0, 0.1) is 19.8 Å². The lowest BCUT2D eigenvalue weighted by atomic mass is 10.1. The number of hydrogen-bond donors (Lipinski definition) is 0. The predicted octanol–water partition coefficient (Wildman–Crippen LogP) is 2.42. The number of aryl methyl sites for hydroxylation is 1.